The second-order valence-corrected chi connectivity index (χ2v) is 4.62. The highest BCUT2D eigenvalue weighted by Crippen LogP contribution is 2.34. The lowest BCUT2D eigenvalue weighted by atomic mass is 9.77. The Balaban J connectivity index is 0.00000128. The molecule has 2 nitrogen and oxygen atoms in total. The summed E-state index contributed by atoms with van der Waals surface area (Å²) in [5.74, 6) is 0.417. The molecule has 0 unspecified atom stereocenters. The Kier molecular flexibility index (Phi) is 4.78. The van der Waals surface area contributed by atoms with E-state index in [1.807, 2.05) is 25.1 Å². The molecule has 2 rings (SSSR count). The number of hydrogen-bond donors (Lipinski definition) is 2. The van der Waals surface area contributed by atoms with Crippen LogP contribution in [-0.4, -0.2) is 11.2 Å². The highest BCUT2D eigenvalue weighted by molar-refractivity contribution is 5.85. The van der Waals surface area contributed by atoms with E-state index in [4.69, 9.17) is 5.73 Å². The number of nitrogens with two attached hydrogens (primary N) is 1. The van der Waals surface area contributed by atoms with Crippen molar-refractivity contribution in [2.75, 3.05) is 0 Å². The van der Waals surface area contributed by atoms with E-state index in [9.17, 15) is 5.11 Å². The number of aliphatic hydroxyl groups excluding tert-OH is 1. The third kappa shape index (κ3) is 2.76. The van der Waals surface area contributed by atoms with Gasteiger partial charge >= 0.3 is 0 Å². The first-order chi connectivity index (χ1) is 7.18. The Bertz CT molecular complexity index is 338. The molecule has 0 aliphatic heterocycles. The zero-order chi connectivity index (χ0) is 10.8. The lowest BCUT2D eigenvalue weighted by Crippen LogP contribution is -2.36. The SMILES string of the molecule is Cc1cccc([C@H](N)[C@H](O)C2CCC2)c1.Cl. The minimum Gasteiger partial charge on any atom is -0.391 e. The van der Waals surface area contributed by atoms with Crippen molar-refractivity contribution in [2.45, 2.75) is 38.3 Å². The fourth-order valence-electron chi connectivity index (χ4n) is 2.15. The van der Waals surface area contributed by atoms with Gasteiger partial charge in [0.05, 0.1) is 12.1 Å². The minimum atomic E-state index is -0.374. The summed E-state index contributed by atoms with van der Waals surface area (Å²) in [4.78, 5) is 0. The average Bonchev–Trinajstić information content (AvgIpc) is 2.14. The summed E-state index contributed by atoms with van der Waals surface area (Å²) in [6.07, 6.45) is 3.12. The maximum Gasteiger partial charge on any atom is 0.0760 e. The minimum absolute atomic E-state index is 0. The summed E-state index contributed by atoms with van der Waals surface area (Å²) in [6.45, 7) is 2.05. The maximum absolute atomic E-state index is 10.1. The Morgan fingerprint density at radius 2 is 2.06 bits per heavy atom. The van der Waals surface area contributed by atoms with Crippen LogP contribution in [0.2, 0.25) is 0 Å². The van der Waals surface area contributed by atoms with Gasteiger partial charge in [-0.25, -0.2) is 0 Å². The van der Waals surface area contributed by atoms with Gasteiger partial charge in [0.15, 0.2) is 0 Å². The van der Waals surface area contributed by atoms with Crippen LogP contribution in [0, 0.1) is 12.8 Å². The van der Waals surface area contributed by atoms with E-state index < -0.39 is 0 Å². The molecule has 90 valence electrons. The van der Waals surface area contributed by atoms with Crippen molar-refractivity contribution in [3.05, 3.63) is 35.4 Å². The highest BCUT2D eigenvalue weighted by Gasteiger charge is 2.30. The molecule has 16 heavy (non-hydrogen) atoms. The van der Waals surface area contributed by atoms with E-state index in [2.05, 4.69) is 6.07 Å². The van der Waals surface area contributed by atoms with Gasteiger partial charge in [-0.05, 0) is 31.2 Å². The standard InChI is InChI=1S/C13H19NO.ClH/c1-9-4-2-7-11(8-9)12(14)13(15)10-5-3-6-10;/h2,4,7-8,10,12-13,15H,3,5-6,14H2,1H3;1H/t12-,13+;/m0./s1. The van der Waals surface area contributed by atoms with Gasteiger partial charge in [0, 0.05) is 0 Å². The van der Waals surface area contributed by atoms with Crippen LogP contribution < -0.4 is 5.73 Å². The molecule has 0 bridgehead atoms. The Morgan fingerprint density at radius 1 is 1.38 bits per heavy atom. The van der Waals surface area contributed by atoms with Crippen LogP contribution in [0.15, 0.2) is 24.3 Å². The van der Waals surface area contributed by atoms with Gasteiger partial charge in [0.2, 0.25) is 0 Å². The predicted octanol–water partition coefficient (Wildman–Crippen LogP) is 2.58. The van der Waals surface area contributed by atoms with Crippen molar-refractivity contribution in [1.29, 1.82) is 0 Å². The second-order valence-electron chi connectivity index (χ2n) is 4.62. The monoisotopic (exact) mass is 241 g/mol. The summed E-state index contributed by atoms with van der Waals surface area (Å²) >= 11 is 0. The van der Waals surface area contributed by atoms with Crippen molar-refractivity contribution >= 4 is 12.4 Å². The molecule has 3 heteroatoms. The summed E-state index contributed by atoms with van der Waals surface area (Å²) in [5.41, 5.74) is 8.32. The normalized spacial score (nSPS) is 19.4. The molecule has 0 amide bonds. The fourth-order valence-corrected chi connectivity index (χ4v) is 2.15. The molecule has 1 saturated carbocycles. The number of aliphatic hydroxyl groups is 1. The third-order valence-corrected chi connectivity index (χ3v) is 3.43. The van der Waals surface area contributed by atoms with E-state index in [-0.39, 0.29) is 24.6 Å². The molecule has 0 saturated heterocycles. The topological polar surface area (TPSA) is 46.2 Å². The van der Waals surface area contributed by atoms with Crippen LogP contribution in [0.1, 0.15) is 36.4 Å². The van der Waals surface area contributed by atoms with Gasteiger partial charge in [0.25, 0.3) is 0 Å². The second kappa shape index (κ2) is 5.67. The first kappa shape index (κ1) is 13.5. The Hall–Kier alpha value is -0.570. The van der Waals surface area contributed by atoms with Gasteiger partial charge in [0.1, 0.15) is 0 Å². The van der Waals surface area contributed by atoms with Crippen molar-refractivity contribution in [2.24, 2.45) is 11.7 Å². The number of aryl methyl sites for hydroxylation is 1. The number of benzene rings is 1. The summed E-state index contributed by atoms with van der Waals surface area (Å²) < 4.78 is 0. The summed E-state index contributed by atoms with van der Waals surface area (Å²) in [6, 6.07) is 7.88. The predicted molar refractivity (Wildman–Crippen MR) is 68.7 cm³/mol. The van der Waals surface area contributed by atoms with Gasteiger partial charge in [-0.1, -0.05) is 36.2 Å². The fraction of sp³-hybridized carbons (Fsp3) is 0.538. The van der Waals surface area contributed by atoms with Crippen molar-refractivity contribution in [1.82, 2.24) is 0 Å². The molecule has 1 aromatic carbocycles. The molecule has 1 aliphatic carbocycles. The van der Waals surface area contributed by atoms with E-state index >= 15 is 0 Å². The molecule has 3 N–H and O–H groups in total. The summed E-state index contributed by atoms with van der Waals surface area (Å²) in [5, 5.41) is 10.1. The molecule has 0 radical (unpaired) electrons. The molecule has 0 heterocycles. The largest absolute Gasteiger partial charge is 0.391 e. The van der Waals surface area contributed by atoms with Crippen LogP contribution in [0.4, 0.5) is 0 Å². The van der Waals surface area contributed by atoms with Crippen LogP contribution in [0.25, 0.3) is 0 Å². The molecular formula is C13H20ClNO. The molecule has 1 fully saturated rings. The maximum atomic E-state index is 10.1. The highest BCUT2D eigenvalue weighted by atomic mass is 35.5. The summed E-state index contributed by atoms with van der Waals surface area (Å²) in [7, 11) is 0. The molecule has 0 spiro atoms. The van der Waals surface area contributed by atoms with E-state index in [0.29, 0.717) is 5.92 Å². The van der Waals surface area contributed by atoms with E-state index in [1.165, 1.54) is 12.0 Å². The quantitative estimate of drug-likeness (QED) is 0.855. The Morgan fingerprint density at radius 3 is 2.56 bits per heavy atom. The van der Waals surface area contributed by atoms with Crippen molar-refractivity contribution < 1.29 is 5.11 Å². The van der Waals surface area contributed by atoms with Crippen LogP contribution in [-0.2, 0) is 0 Å². The van der Waals surface area contributed by atoms with Crippen LogP contribution in [0.3, 0.4) is 0 Å². The number of rotatable bonds is 3. The third-order valence-electron chi connectivity index (χ3n) is 3.43. The Labute approximate surface area is 103 Å². The molecule has 1 aliphatic rings. The first-order valence-corrected chi connectivity index (χ1v) is 5.68. The zero-order valence-corrected chi connectivity index (χ0v) is 10.4. The first-order valence-electron chi connectivity index (χ1n) is 5.68. The van der Waals surface area contributed by atoms with Crippen molar-refractivity contribution in [3.63, 3.8) is 0 Å². The van der Waals surface area contributed by atoms with E-state index in [1.54, 1.807) is 0 Å². The van der Waals surface area contributed by atoms with Gasteiger partial charge in [-0.15, -0.1) is 12.4 Å². The van der Waals surface area contributed by atoms with Crippen LogP contribution in [0.5, 0.6) is 0 Å². The van der Waals surface area contributed by atoms with Gasteiger partial charge < -0.3 is 10.8 Å². The van der Waals surface area contributed by atoms with Gasteiger partial charge in [-0.3, -0.25) is 0 Å². The lowest BCUT2D eigenvalue weighted by molar-refractivity contribution is 0.0413. The molecule has 1 aromatic rings. The average molecular weight is 242 g/mol. The molecule has 2 atom stereocenters. The van der Waals surface area contributed by atoms with Gasteiger partial charge in [-0.2, -0.15) is 0 Å². The lowest BCUT2D eigenvalue weighted by Gasteiger charge is -2.33. The van der Waals surface area contributed by atoms with Crippen molar-refractivity contribution in [3.8, 4) is 0 Å². The molecule has 0 aromatic heterocycles. The zero-order valence-electron chi connectivity index (χ0n) is 9.60. The molecular weight excluding hydrogens is 222 g/mol. The smallest absolute Gasteiger partial charge is 0.0760 e. The number of hydrogen-bond acceptors (Lipinski definition) is 2. The van der Waals surface area contributed by atoms with Crippen LogP contribution >= 0.6 is 12.4 Å². The number of halogens is 1. The van der Waals surface area contributed by atoms with E-state index in [0.717, 1.165) is 18.4 Å².